The number of anilines is 1. The summed E-state index contributed by atoms with van der Waals surface area (Å²) >= 11 is 1.49. The van der Waals surface area contributed by atoms with Gasteiger partial charge in [-0.2, -0.15) is 0 Å². The van der Waals surface area contributed by atoms with Crippen molar-refractivity contribution in [1.29, 1.82) is 0 Å². The van der Waals surface area contributed by atoms with Crippen LogP contribution in [0.1, 0.15) is 37.6 Å². The number of amides is 2. The Balaban J connectivity index is 1.47. The van der Waals surface area contributed by atoms with Crippen molar-refractivity contribution in [3.8, 4) is 0 Å². The minimum absolute atomic E-state index is 0.0684. The van der Waals surface area contributed by atoms with Crippen molar-refractivity contribution in [1.82, 2.24) is 19.9 Å². The van der Waals surface area contributed by atoms with Crippen molar-refractivity contribution >= 4 is 22.5 Å². The van der Waals surface area contributed by atoms with E-state index >= 15 is 0 Å². The van der Waals surface area contributed by atoms with Crippen LogP contribution in [0.2, 0.25) is 0 Å². The van der Waals surface area contributed by atoms with Gasteiger partial charge in [-0.15, -0.1) is 11.3 Å². The van der Waals surface area contributed by atoms with Gasteiger partial charge >= 0.3 is 6.03 Å². The summed E-state index contributed by atoms with van der Waals surface area (Å²) in [5.74, 6) is 0.423. The number of hydrogen-bond donors (Lipinski definition) is 1. The van der Waals surface area contributed by atoms with E-state index in [9.17, 15) is 4.79 Å². The molecular formula is C16H23N5O2S. The van der Waals surface area contributed by atoms with Crippen molar-refractivity contribution in [3.63, 3.8) is 0 Å². The van der Waals surface area contributed by atoms with E-state index in [0.29, 0.717) is 24.1 Å². The zero-order valence-corrected chi connectivity index (χ0v) is 14.9. The molecule has 2 aromatic rings. The predicted molar refractivity (Wildman–Crippen MR) is 93.2 cm³/mol. The van der Waals surface area contributed by atoms with Crippen LogP contribution in [-0.4, -0.2) is 52.2 Å². The Morgan fingerprint density at radius 1 is 1.42 bits per heavy atom. The Labute approximate surface area is 145 Å². The number of carbonyl (C=O) groups excluding carboxylic acids is 1. The van der Waals surface area contributed by atoms with E-state index in [1.807, 2.05) is 16.3 Å². The maximum Gasteiger partial charge on any atom is 0.323 e. The highest BCUT2D eigenvalue weighted by molar-refractivity contribution is 7.13. The van der Waals surface area contributed by atoms with E-state index < -0.39 is 0 Å². The molecule has 1 aliphatic rings. The zero-order chi connectivity index (χ0) is 16.9. The molecule has 2 amide bonds. The molecule has 0 unspecified atom stereocenters. The molecule has 0 bridgehead atoms. The van der Waals surface area contributed by atoms with Crippen molar-refractivity contribution in [2.45, 2.75) is 32.7 Å². The average Bonchev–Trinajstić information content (AvgIpc) is 3.27. The van der Waals surface area contributed by atoms with Crippen molar-refractivity contribution in [3.05, 3.63) is 29.1 Å². The summed E-state index contributed by atoms with van der Waals surface area (Å²) < 4.78 is 4.85. The molecule has 0 saturated carbocycles. The smallest absolute Gasteiger partial charge is 0.323 e. The number of nitrogens with one attached hydrogen (secondary N) is 1. The van der Waals surface area contributed by atoms with Crippen LogP contribution in [0.25, 0.3) is 0 Å². The fraction of sp³-hybridized carbons (Fsp3) is 0.562. The van der Waals surface area contributed by atoms with Gasteiger partial charge in [-0.1, -0.05) is 19.0 Å². The van der Waals surface area contributed by atoms with E-state index in [-0.39, 0.29) is 6.03 Å². The number of urea groups is 1. The summed E-state index contributed by atoms with van der Waals surface area (Å²) in [5.41, 5.74) is 1.98. The number of hydrogen-bond acceptors (Lipinski definition) is 6. The van der Waals surface area contributed by atoms with Crippen LogP contribution in [0.3, 0.4) is 0 Å². The Bertz CT molecular complexity index is 649. The Kier molecular flexibility index (Phi) is 5.47. The minimum atomic E-state index is -0.0684. The van der Waals surface area contributed by atoms with Crippen molar-refractivity contribution in [2.75, 3.05) is 31.5 Å². The van der Waals surface area contributed by atoms with Gasteiger partial charge < -0.3 is 9.42 Å². The molecule has 1 N–H and O–H groups in total. The zero-order valence-electron chi connectivity index (χ0n) is 14.1. The van der Waals surface area contributed by atoms with Crippen LogP contribution < -0.4 is 5.32 Å². The van der Waals surface area contributed by atoms with E-state index in [1.165, 1.54) is 11.3 Å². The highest BCUT2D eigenvalue weighted by Gasteiger charge is 2.22. The van der Waals surface area contributed by atoms with Crippen LogP contribution in [0.5, 0.6) is 0 Å². The summed E-state index contributed by atoms with van der Waals surface area (Å²) in [5, 5.41) is 9.56. The first kappa shape index (κ1) is 16.9. The van der Waals surface area contributed by atoms with Crippen molar-refractivity contribution in [2.24, 2.45) is 0 Å². The SMILES string of the molecule is CC[C@@H](C)c1csc(NC(=O)N2CCN(Cc3ccon3)CC2)n1. The lowest BCUT2D eigenvalue weighted by Crippen LogP contribution is -2.49. The van der Waals surface area contributed by atoms with Crippen molar-refractivity contribution < 1.29 is 9.32 Å². The highest BCUT2D eigenvalue weighted by atomic mass is 32.1. The number of piperazine rings is 1. The number of carbonyl (C=O) groups is 1. The van der Waals surface area contributed by atoms with E-state index in [1.54, 1.807) is 6.26 Å². The molecule has 0 spiro atoms. The molecule has 1 aliphatic heterocycles. The maximum atomic E-state index is 12.4. The molecule has 0 aromatic carbocycles. The van der Waals surface area contributed by atoms with Gasteiger partial charge in [0.1, 0.15) is 6.26 Å². The summed E-state index contributed by atoms with van der Waals surface area (Å²) in [4.78, 5) is 21.0. The first-order valence-electron chi connectivity index (χ1n) is 8.28. The molecule has 1 atom stereocenters. The van der Waals surface area contributed by atoms with Crippen LogP contribution in [-0.2, 0) is 6.54 Å². The maximum absolute atomic E-state index is 12.4. The summed E-state index contributed by atoms with van der Waals surface area (Å²) in [6.45, 7) is 8.11. The largest absolute Gasteiger partial charge is 0.364 e. The molecule has 7 nitrogen and oxygen atoms in total. The third kappa shape index (κ3) is 4.12. The summed E-state index contributed by atoms with van der Waals surface area (Å²) in [6.07, 6.45) is 2.63. The Morgan fingerprint density at radius 3 is 2.88 bits per heavy atom. The molecule has 24 heavy (non-hydrogen) atoms. The Morgan fingerprint density at radius 2 is 2.21 bits per heavy atom. The molecule has 8 heteroatoms. The van der Waals surface area contributed by atoms with E-state index in [4.69, 9.17) is 4.52 Å². The third-order valence-electron chi connectivity index (χ3n) is 4.39. The summed E-state index contributed by atoms with van der Waals surface area (Å²) in [7, 11) is 0. The minimum Gasteiger partial charge on any atom is -0.364 e. The number of thiazole rings is 1. The lowest BCUT2D eigenvalue weighted by Gasteiger charge is -2.33. The van der Waals surface area contributed by atoms with Gasteiger partial charge in [0, 0.05) is 44.2 Å². The molecule has 1 saturated heterocycles. The second kappa shape index (κ2) is 7.76. The fourth-order valence-corrected chi connectivity index (χ4v) is 3.43. The quantitative estimate of drug-likeness (QED) is 0.898. The van der Waals surface area contributed by atoms with Gasteiger partial charge in [-0.3, -0.25) is 10.2 Å². The van der Waals surface area contributed by atoms with Gasteiger partial charge in [0.2, 0.25) is 0 Å². The first-order chi connectivity index (χ1) is 11.7. The molecular weight excluding hydrogens is 326 g/mol. The highest BCUT2D eigenvalue weighted by Crippen LogP contribution is 2.24. The van der Waals surface area contributed by atoms with E-state index in [2.05, 4.69) is 34.2 Å². The fourth-order valence-electron chi connectivity index (χ4n) is 2.61. The lowest BCUT2D eigenvalue weighted by molar-refractivity contribution is 0.141. The molecule has 3 rings (SSSR count). The molecule has 1 fully saturated rings. The van der Waals surface area contributed by atoms with Gasteiger partial charge in [0.05, 0.1) is 11.4 Å². The standard InChI is InChI=1S/C16H23N5O2S/c1-3-12(2)14-11-24-15(17-14)18-16(22)21-7-5-20(6-8-21)10-13-4-9-23-19-13/h4,9,11-12H,3,5-8,10H2,1-2H3,(H,17,18,22)/t12-/m1/s1. The monoisotopic (exact) mass is 349 g/mol. The van der Waals surface area contributed by atoms with Crippen LogP contribution in [0, 0.1) is 0 Å². The second-order valence-corrected chi connectivity index (χ2v) is 6.93. The number of rotatable bonds is 5. The molecule has 2 aromatic heterocycles. The number of aromatic nitrogens is 2. The lowest BCUT2D eigenvalue weighted by atomic mass is 10.1. The number of nitrogens with zero attached hydrogens (tertiary/aromatic N) is 4. The van der Waals surface area contributed by atoms with Gasteiger partial charge in [-0.05, 0) is 12.3 Å². The van der Waals surface area contributed by atoms with Crippen LogP contribution in [0.4, 0.5) is 9.93 Å². The molecule has 0 aliphatic carbocycles. The normalized spacial score (nSPS) is 17.0. The average molecular weight is 349 g/mol. The van der Waals surface area contributed by atoms with E-state index in [0.717, 1.165) is 37.4 Å². The van der Waals surface area contributed by atoms with Crippen LogP contribution >= 0.6 is 11.3 Å². The van der Waals surface area contributed by atoms with Gasteiger partial charge in [0.15, 0.2) is 5.13 Å². The predicted octanol–water partition coefficient (Wildman–Crippen LogP) is 2.99. The topological polar surface area (TPSA) is 74.5 Å². The molecule has 3 heterocycles. The molecule has 0 radical (unpaired) electrons. The first-order valence-corrected chi connectivity index (χ1v) is 9.16. The van der Waals surface area contributed by atoms with Crippen LogP contribution in [0.15, 0.2) is 22.2 Å². The Hall–Kier alpha value is -1.93. The second-order valence-electron chi connectivity index (χ2n) is 6.07. The molecule has 130 valence electrons. The van der Waals surface area contributed by atoms with Gasteiger partial charge in [-0.25, -0.2) is 9.78 Å². The van der Waals surface area contributed by atoms with Gasteiger partial charge in [0.25, 0.3) is 0 Å². The summed E-state index contributed by atoms with van der Waals surface area (Å²) in [6, 6.07) is 1.80. The third-order valence-corrected chi connectivity index (χ3v) is 5.17.